The quantitative estimate of drug-likeness (QED) is 0.692. The van der Waals surface area contributed by atoms with E-state index in [1.807, 2.05) is 0 Å². The Balaban J connectivity index is 1.96. The maximum absolute atomic E-state index is 12.6. The van der Waals surface area contributed by atoms with E-state index in [0.717, 1.165) is 12.1 Å². The fourth-order valence-corrected chi connectivity index (χ4v) is 4.84. The fourth-order valence-electron chi connectivity index (χ4n) is 2.68. The number of halogens is 2. The molecule has 0 radical (unpaired) electrons. The van der Waals surface area contributed by atoms with E-state index < -0.39 is 49.3 Å². The van der Waals surface area contributed by atoms with Crippen LogP contribution in [0.5, 0.6) is 0 Å². The third kappa shape index (κ3) is 3.86. The molecule has 0 bridgehead atoms. The van der Waals surface area contributed by atoms with Crippen LogP contribution in [0.3, 0.4) is 0 Å². The highest BCUT2D eigenvalue weighted by atomic mass is 35.5. The zero-order valence-corrected chi connectivity index (χ0v) is 17.4. The van der Waals surface area contributed by atoms with Crippen molar-refractivity contribution in [2.24, 2.45) is 0 Å². The van der Waals surface area contributed by atoms with Crippen molar-refractivity contribution in [2.75, 3.05) is 0 Å². The first-order valence-electron chi connectivity index (χ1n) is 8.25. The van der Waals surface area contributed by atoms with Gasteiger partial charge in [-0.25, -0.2) is 17.9 Å². The van der Waals surface area contributed by atoms with Gasteiger partial charge in [-0.05, 0) is 38.1 Å². The topological polar surface area (TPSA) is 110 Å². The summed E-state index contributed by atoms with van der Waals surface area (Å²) in [5.41, 5.74) is -0.351. The molecule has 0 aliphatic carbocycles. The van der Waals surface area contributed by atoms with E-state index in [2.05, 4.69) is 4.72 Å². The van der Waals surface area contributed by atoms with E-state index in [-0.39, 0.29) is 21.2 Å². The molecule has 1 N–H and O–H groups in total. The summed E-state index contributed by atoms with van der Waals surface area (Å²) in [6.07, 6.45) is 0. The maximum atomic E-state index is 12.6. The lowest BCUT2D eigenvalue weighted by Crippen LogP contribution is -2.33. The van der Waals surface area contributed by atoms with Crippen LogP contribution < -0.4 is 4.72 Å². The van der Waals surface area contributed by atoms with Gasteiger partial charge in [-0.1, -0.05) is 40.4 Å². The summed E-state index contributed by atoms with van der Waals surface area (Å²) in [6.45, 7) is 3.22. The summed E-state index contributed by atoms with van der Waals surface area (Å²) in [5, 5.41) is -0.417. The number of hydrogen-bond acceptors (Lipinski definition) is 6. The average Bonchev–Trinajstić information content (AvgIpc) is 2.86. The van der Waals surface area contributed by atoms with Crippen LogP contribution in [0, 0.1) is 0 Å². The van der Waals surface area contributed by atoms with E-state index >= 15 is 0 Å². The van der Waals surface area contributed by atoms with Crippen molar-refractivity contribution in [1.29, 1.82) is 0 Å². The molecule has 1 aliphatic heterocycles. The third-order valence-electron chi connectivity index (χ3n) is 3.87. The van der Waals surface area contributed by atoms with Crippen LogP contribution in [0.4, 0.5) is 0 Å². The van der Waals surface area contributed by atoms with Gasteiger partial charge in [0.2, 0.25) is 10.0 Å². The Morgan fingerprint density at radius 3 is 2.10 bits per heavy atom. The molecule has 0 fully saturated rings. The fraction of sp³-hybridized carbons (Fsp3) is 0.167. The highest BCUT2D eigenvalue weighted by molar-refractivity contribution is 7.89. The van der Waals surface area contributed by atoms with Crippen molar-refractivity contribution in [3.05, 3.63) is 63.1 Å². The summed E-state index contributed by atoms with van der Waals surface area (Å²) in [7, 11) is -4.05. The van der Waals surface area contributed by atoms with E-state index in [0.29, 0.717) is 0 Å². The number of nitrogens with one attached hydrogen (secondary N) is 1. The second-order valence-corrected chi connectivity index (χ2v) is 8.81. The number of sulfonamides is 1. The zero-order valence-electron chi connectivity index (χ0n) is 15.1. The first-order chi connectivity index (χ1) is 13.5. The van der Waals surface area contributed by atoms with Crippen LogP contribution in [0.15, 0.2) is 41.3 Å². The molecule has 2 aromatic carbocycles. The molecule has 1 heterocycles. The molecular formula is C18H14Cl2N2O6S. The minimum Gasteiger partial charge on any atom is -0.324 e. The van der Waals surface area contributed by atoms with Gasteiger partial charge in [0.05, 0.1) is 21.2 Å². The highest BCUT2D eigenvalue weighted by Gasteiger charge is 2.39. The molecule has 152 valence electrons. The molecule has 0 spiro atoms. The number of hydrogen-bond donors (Lipinski definition) is 1. The van der Waals surface area contributed by atoms with Gasteiger partial charge < -0.3 is 4.84 Å². The Bertz CT molecular complexity index is 1110. The van der Waals surface area contributed by atoms with Crippen molar-refractivity contribution in [2.45, 2.75) is 24.8 Å². The van der Waals surface area contributed by atoms with Crippen molar-refractivity contribution >= 4 is 51.0 Å². The Morgan fingerprint density at radius 2 is 1.59 bits per heavy atom. The summed E-state index contributed by atoms with van der Waals surface area (Å²) in [5.74, 6) is -2.93. The maximum Gasteiger partial charge on any atom is 0.367 e. The van der Waals surface area contributed by atoms with Crippen LogP contribution in [0.25, 0.3) is 0 Å². The number of amides is 2. The van der Waals surface area contributed by atoms with Crippen molar-refractivity contribution in [1.82, 2.24) is 9.79 Å². The number of imide groups is 1. The minimum absolute atomic E-state index is 0.0694. The molecule has 2 amide bonds. The lowest BCUT2D eigenvalue weighted by Gasteiger charge is -2.16. The van der Waals surface area contributed by atoms with Crippen molar-refractivity contribution in [3.63, 3.8) is 0 Å². The van der Waals surface area contributed by atoms with Gasteiger partial charge in [0.15, 0.2) is 0 Å². The monoisotopic (exact) mass is 456 g/mol. The van der Waals surface area contributed by atoms with Crippen molar-refractivity contribution in [3.8, 4) is 0 Å². The highest BCUT2D eigenvalue weighted by Crippen LogP contribution is 2.33. The molecule has 0 saturated carbocycles. The summed E-state index contributed by atoms with van der Waals surface area (Å²) >= 11 is 12.1. The minimum atomic E-state index is -4.05. The molecule has 29 heavy (non-hydrogen) atoms. The Morgan fingerprint density at radius 1 is 1.03 bits per heavy atom. The van der Waals surface area contributed by atoms with Gasteiger partial charge in [-0.3, -0.25) is 9.59 Å². The number of carbonyl (C=O) groups excluding carboxylic acids is 3. The molecule has 0 saturated heterocycles. The van der Waals surface area contributed by atoms with Crippen LogP contribution in [0.2, 0.25) is 10.0 Å². The molecule has 0 unspecified atom stereocenters. The Labute approximate surface area is 176 Å². The van der Waals surface area contributed by atoms with Gasteiger partial charge in [-0.2, -0.15) is 0 Å². The number of carbonyl (C=O) groups is 3. The van der Waals surface area contributed by atoms with E-state index in [9.17, 15) is 22.8 Å². The van der Waals surface area contributed by atoms with Gasteiger partial charge in [0.25, 0.3) is 11.8 Å². The second kappa shape index (κ2) is 7.75. The van der Waals surface area contributed by atoms with Crippen LogP contribution in [-0.4, -0.2) is 37.3 Å². The molecule has 0 aromatic heterocycles. The summed E-state index contributed by atoms with van der Waals surface area (Å²) < 4.78 is 27.2. The van der Waals surface area contributed by atoms with E-state index in [4.69, 9.17) is 28.0 Å². The first kappa shape index (κ1) is 21.3. The lowest BCUT2D eigenvalue weighted by molar-refractivity contribution is -0.0584. The van der Waals surface area contributed by atoms with E-state index in [1.54, 1.807) is 26.0 Å². The van der Waals surface area contributed by atoms with Crippen molar-refractivity contribution < 1.29 is 27.6 Å². The SMILES string of the molecule is CC(C)NS(=O)(=O)c1ccc(Cl)c(C(=O)ON2C(=O)c3ccccc3C2=O)c1Cl. The number of rotatable bonds is 5. The van der Waals surface area contributed by atoms with Crippen LogP contribution in [0.1, 0.15) is 44.9 Å². The molecule has 3 rings (SSSR count). The molecule has 11 heteroatoms. The Hall–Kier alpha value is -2.46. The predicted molar refractivity (Wildman–Crippen MR) is 104 cm³/mol. The van der Waals surface area contributed by atoms with Gasteiger partial charge in [-0.15, -0.1) is 0 Å². The molecule has 0 atom stereocenters. The smallest absolute Gasteiger partial charge is 0.324 e. The molecule has 1 aliphatic rings. The van der Waals surface area contributed by atoms with Gasteiger partial charge in [0, 0.05) is 6.04 Å². The number of hydroxylamine groups is 2. The van der Waals surface area contributed by atoms with Gasteiger partial charge >= 0.3 is 5.97 Å². The largest absolute Gasteiger partial charge is 0.367 e. The van der Waals surface area contributed by atoms with Crippen LogP contribution >= 0.6 is 23.2 Å². The van der Waals surface area contributed by atoms with Crippen LogP contribution in [-0.2, 0) is 14.9 Å². The lowest BCUT2D eigenvalue weighted by atomic mass is 10.1. The third-order valence-corrected chi connectivity index (χ3v) is 6.39. The van der Waals surface area contributed by atoms with E-state index in [1.165, 1.54) is 12.1 Å². The standard InChI is InChI=1S/C18H14Cl2N2O6S/c1-9(2)21-29(26,27)13-8-7-12(19)14(15(13)20)18(25)28-22-16(23)10-5-3-4-6-11(10)17(22)24/h3-9,21H,1-2H3. The molecule has 2 aromatic rings. The normalized spacial score (nSPS) is 13.8. The second-order valence-electron chi connectivity index (χ2n) is 6.34. The predicted octanol–water partition coefficient (Wildman–Crippen LogP) is 3.05. The van der Waals surface area contributed by atoms with Gasteiger partial charge in [0.1, 0.15) is 10.5 Å². The average molecular weight is 457 g/mol. The Kier molecular flexibility index (Phi) is 5.68. The number of benzene rings is 2. The molecule has 8 nitrogen and oxygen atoms in total. The summed E-state index contributed by atoms with van der Waals surface area (Å²) in [6, 6.07) is 7.79. The number of nitrogens with zero attached hydrogens (tertiary/aromatic N) is 1. The zero-order chi connectivity index (χ0) is 21.5. The molecular weight excluding hydrogens is 443 g/mol. The first-order valence-corrected chi connectivity index (χ1v) is 10.5. The number of fused-ring (bicyclic) bond motifs is 1. The summed E-state index contributed by atoms with van der Waals surface area (Å²) in [4.78, 5) is 41.9.